The summed E-state index contributed by atoms with van der Waals surface area (Å²) >= 11 is 5.95. The van der Waals surface area contributed by atoms with Crippen LogP contribution in [-0.2, 0) is 11.2 Å². The van der Waals surface area contributed by atoms with Gasteiger partial charge in [-0.3, -0.25) is 4.79 Å². The van der Waals surface area contributed by atoms with Crippen LogP contribution >= 0.6 is 11.6 Å². The Kier molecular flexibility index (Phi) is 4.20. The molecule has 0 spiro atoms. The zero-order chi connectivity index (χ0) is 15.7. The van der Waals surface area contributed by atoms with E-state index in [0.29, 0.717) is 23.8 Å². The number of aromatic nitrogens is 3. The first-order valence-corrected chi connectivity index (χ1v) is 7.82. The zero-order valence-electron chi connectivity index (χ0n) is 12.8. The summed E-state index contributed by atoms with van der Waals surface area (Å²) < 4.78 is 7.06. The number of hydrogen-bond acceptors (Lipinski definition) is 4. The van der Waals surface area contributed by atoms with Crippen LogP contribution in [0.5, 0.6) is 0 Å². The average molecular weight is 323 g/mol. The predicted molar refractivity (Wildman–Crippen MR) is 81.8 cm³/mol. The Balaban J connectivity index is 1.69. The van der Waals surface area contributed by atoms with E-state index in [1.165, 1.54) is 0 Å². The molecule has 2 aromatic rings. The number of likely N-dealkylation sites (tertiary alicyclic amines) is 1. The maximum atomic E-state index is 12.5. The number of hydrogen-bond donors (Lipinski definition) is 0. The Morgan fingerprint density at radius 2 is 2.32 bits per heavy atom. The third-order valence-electron chi connectivity index (χ3n) is 4.27. The lowest BCUT2D eigenvalue weighted by molar-refractivity contribution is -0.132. The number of imidazole rings is 1. The Morgan fingerprint density at radius 3 is 2.95 bits per heavy atom. The van der Waals surface area contributed by atoms with Gasteiger partial charge in [-0.1, -0.05) is 5.16 Å². The molecule has 3 rings (SSSR count). The standard InChI is InChI=1S/C15H19ClN4O2/c1-10-13(15(16)22-18-10)8-14(21)19-6-3-4-12(9-19)20-7-5-17-11(20)2/h5,7,12H,3-4,6,8-9H2,1-2H3. The average Bonchev–Trinajstić information content (AvgIpc) is 3.08. The summed E-state index contributed by atoms with van der Waals surface area (Å²) in [5.74, 6) is 1.05. The fourth-order valence-electron chi connectivity index (χ4n) is 3.00. The van der Waals surface area contributed by atoms with Gasteiger partial charge in [0.1, 0.15) is 5.82 Å². The fourth-order valence-corrected chi connectivity index (χ4v) is 3.24. The monoisotopic (exact) mass is 322 g/mol. The van der Waals surface area contributed by atoms with Crippen molar-refractivity contribution < 1.29 is 9.32 Å². The zero-order valence-corrected chi connectivity index (χ0v) is 13.5. The molecule has 0 bridgehead atoms. The molecule has 1 aliphatic rings. The molecule has 22 heavy (non-hydrogen) atoms. The summed E-state index contributed by atoms with van der Waals surface area (Å²) in [6.07, 6.45) is 6.08. The molecule has 2 aromatic heterocycles. The highest BCUT2D eigenvalue weighted by atomic mass is 35.5. The lowest BCUT2D eigenvalue weighted by Gasteiger charge is -2.34. The Bertz CT molecular complexity index is 659. The third kappa shape index (κ3) is 2.88. The van der Waals surface area contributed by atoms with Crippen LogP contribution in [0.3, 0.4) is 0 Å². The number of carbonyl (C=O) groups is 1. The van der Waals surface area contributed by atoms with Crippen LogP contribution in [0, 0.1) is 13.8 Å². The van der Waals surface area contributed by atoms with Crippen molar-refractivity contribution in [1.82, 2.24) is 19.6 Å². The van der Waals surface area contributed by atoms with Crippen LogP contribution in [0.1, 0.15) is 36.0 Å². The van der Waals surface area contributed by atoms with Crippen molar-refractivity contribution in [3.05, 3.63) is 34.7 Å². The van der Waals surface area contributed by atoms with Gasteiger partial charge >= 0.3 is 0 Å². The Hall–Kier alpha value is -1.82. The van der Waals surface area contributed by atoms with E-state index >= 15 is 0 Å². The van der Waals surface area contributed by atoms with E-state index in [1.807, 2.05) is 18.0 Å². The van der Waals surface area contributed by atoms with Gasteiger partial charge in [0.25, 0.3) is 0 Å². The number of piperidine rings is 1. The summed E-state index contributed by atoms with van der Waals surface area (Å²) in [6, 6.07) is 0.291. The molecule has 0 saturated carbocycles. The second kappa shape index (κ2) is 6.12. The normalized spacial score (nSPS) is 18.7. The van der Waals surface area contributed by atoms with Crippen molar-refractivity contribution in [3.63, 3.8) is 0 Å². The number of rotatable bonds is 3. The largest absolute Gasteiger partial charge is 0.344 e. The van der Waals surface area contributed by atoms with Crippen molar-refractivity contribution in [2.24, 2.45) is 0 Å². The fraction of sp³-hybridized carbons (Fsp3) is 0.533. The molecule has 118 valence electrons. The molecule has 0 N–H and O–H groups in total. The quantitative estimate of drug-likeness (QED) is 0.871. The van der Waals surface area contributed by atoms with Gasteiger partial charge in [-0.05, 0) is 38.3 Å². The van der Waals surface area contributed by atoms with Crippen molar-refractivity contribution in [3.8, 4) is 0 Å². The van der Waals surface area contributed by atoms with Gasteiger partial charge < -0.3 is 14.0 Å². The number of halogens is 1. The van der Waals surface area contributed by atoms with Crippen molar-refractivity contribution >= 4 is 17.5 Å². The molecule has 6 nitrogen and oxygen atoms in total. The third-order valence-corrected chi connectivity index (χ3v) is 4.57. The summed E-state index contributed by atoms with van der Waals surface area (Å²) in [4.78, 5) is 18.7. The summed E-state index contributed by atoms with van der Waals surface area (Å²) in [5, 5.41) is 4.00. The van der Waals surface area contributed by atoms with Crippen molar-refractivity contribution in [2.45, 2.75) is 39.2 Å². The van der Waals surface area contributed by atoms with E-state index in [9.17, 15) is 4.79 Å². The van der Waals surface area contributed by atoms with E-state index in [4.69, 9.17) is 16.1 Å². The molecule has 3 heterocycles. The highest BCUT2D eigenvalue weighted by Crippen LogP contribution is 2.25. The minimum atomic E-state index is 0.0654. The highest BCUT2D eigenvalue weighted by Gasteiger charge is 2.26. The summed E-state index contributed by atoms with van der Waals surface area (Å²) in [7, 11) is 0. The van der Waals surface area contributed by atoms with Crippen LogP contribution in [-0.4, -0.2) is 38.6 Å². The predicted octanol–water partition coefficient (Wildman–Crippen LogP) is 2.55. The summed E-state index contributed by atoms with van der Waals surface area (Å²) in [5.41, 5.74) is 1.37. The number of nitrogens with zero attached hydrogens (tertiary/aromatic N) is 4. The minimum absolute atomic E-state index is 0.0654. The minimum Gasteiger partial charge on any atom is -0.344 e. The van der Waals surface area contributed by atoms with Gasteiger partial charge in [-0.25, -0.2) is 4.98 Å². The maximum absolute atomic E-state index is 12.5. The molecular formula is C15H19ClN4O2. The lowest BCUT2D eigenvalue weighted by Crippen LogP contribution is -2.41. The van der Waals surface area contributed by atoms with Gasteiger partial charge in [0, 0.05) is 31.0 Å². The van der Waals surface area contributed by atoms with E-state index in [-0.39, 0.29) is 17.5 Å². The molecule has 0 aliphatic carbocycles. The molecule has 1 saturated heterocycles. The van der Waals surface area contributed by atoms with Crippen LogP contribution < -0.4 is 0 Å². The summed E-state index contributed by atoms with van der Waals surface area (Å²) in [6.45, 7) is 5.27. The smallest absolute Gasteiger partial charge is 0.229 e. The first kappa shape index (κ1) is 15.1. The molecule has 0 aromatic carbocycles. The molecule has 7 heteroatoms. The van der Waals surface area contributed by atoms with E-state index in [2.05, 4.69) is 14.7 Å². The maximum Gasteiger partial charge on any atom is 0.229 e. The second-order valence-corrected chi connectivity index (χ2v) is 6.06. The van der Waals surface area contributed by atoms with Crippen LogP contribution in [0.15, 0.2) is 16.9 Å². The van der Waals surface area contributed by atoms with Gasteiger partial charge in [-0.15, -0.1) is 0 Å². The molecule has 0 radical (unpaired) electrons. The molecule has 1 amide bonds. The molecular weight excluding hydrogens is 304 g/mol. The topological polar surface area (TPSA) is 64.2 Å². The second-order valence-electron chi connectivity index (χ2n) is 5.71. The molecule has 1 aliphatic heterocycles. The van der Waals surface area contributed by atoms with Crippen molar-refractivity contribution in [2.75, 3.05) is 13.1 Å². The first-order chi connectivity index (χ1) is 10.6. The first-order valence-electron chi connectivity index (χ1n) is 7.44. The van der Waals surface area contributed by atoms with Gasteiger partial charge in [0.2, 0.25) is 11.1 Å². The highest BCUT2D eigenvalue weighted by molar-refractivity contribution is 6.29. The lowest BCUT2D eigenvalue weighted by atomic mass is 10.0. The van der Waals surface area contributed by atoms with Crippen LogP contribution in [0.25, 0.3) is 0 Å². The number of carbonyl (C=O) groups excluding carboxylic acids is 1. The number of aryl methyl sites for hydroxylation is 2. The van der Waals surface area contributed by atoms with Gasteiger partial charge in [-0.2, -0.15) is 0 Å². The molecule has 1 fully saturated rings. The Morgan fingerprint density at radius 1 is 1.50 bits per heavy atom. The van der Waals surface area contributed by atoms with Gasteiger partial charge in [0.15, 0.2) is 0 Å². The number of amides is 1. The SMILES string of the molecule is Cc1noc(Cl)c1CC(=O)N1CCCC(n2ccnc2C)C1. The van der Waals surface area contributed by atoms with Gasteiger partial charge in [0.05, 0.1) is 18.2 Å². The van der Waals surface area contributed by atoms with E-state index in [0.717, 1.165) is 25.2 Å². The van der Waals surface area contributed by atoms with Crippen molar-refractivity contribution in [1.29, 1.82) is 0 Å². The van der Waals surface area contributed by atoms with Crippen LogP contribution in [0.4, 0.5) is 0 Å². The Labute approximate surface area is 134 Å². The van der Waals surface area contributed by atoms with Crippen LogP contribution in [0.2, 0.25) is 5.22 Å². The van der Waals surface area contributed by atoms with E-state index in [1.54, 1.807) is 13.1 Å². The van der Waals surface area contributed by atoms with E-state index < -0.39 is 0 Å². The molecule has 1 atom stereocenters. The molecule has 1 unspecified atom stereocenters.